The van der Waals surface area contributed by atoms with Gasteiger partial charge in [-0.3, -0.25) is 10.1 Å². The second-order valence-electron chi connectivity index (χ2n) is 4.10. The van der Waals surface area contributed by atoms with Crippen molar-refractivity contribution in [2.45, 2.75) is 13.5 Å². The van der Waals surface area contributed by atoms with E-state index in [2.05, 4.69) is 0 Å². The Hall–Kier alpha value is -2.40. The van der Waals surface area contributed by atoms with E-state index in [1.54, 1.807) is 43.3 Å². The standard InChI is InChI=1S/C14H13NO4/c1-10-6-7-14(12(8-10)15(17)18)19-13-5-3-2-4-11(13)9-16/h2-8,16H,9H2,1H3. The second-order valence-corrected chi connectivity index (χ2v) is 4.10. The highest BCUT2D eigenvalue weighted by atomic mass is 16.6. The molecule has 0 radical (unpaired) electrons. The molecule has 0 amide bonds. The number of nitro groups is 1. The average molecular weight is 259 g/mol. The first-order chi connectivity index (χ1) is 9.11. The van der Waals surface area contributed by atoms with Crippen LogP contribution in [0.2, 0.25) is 0 Å². The molecule has 1 N–H and O–H groups in total. The molecule has 0 atom stereocenters. The van der Waals surface area contributed by atoms with Crippen molar-refractivity contribution >= 4 is 5.69 Å². The number of hydrogen-bond donors (Lipinski definition) is 1. The van der Waals surface area contributed by atoms with Crippen LogP contribution in [0.5, 0.6) is 11.5 Å². The van der Waals surface area contributed by atoms with Crippen LogP contribution in [-0.4, -0.2) is 10.0 Å². The number of rotatable bonds is 4. The van der Waals surface area contributed by atoms with Crippen LogP contribution < -0.4 is 4.74 Å². The molecule has 0 aromatic heterocycles. The van der Waals surface area contributed by atoms with E-state index >= 15 is 0 Å². The Morgan fingerprint density at radius 3 is 2.63 bits per heavy atom. The zero-order chi connectivity index (χ0) is 13.8. The summed E-state index contributed by atoms with van der Waals surface area (Å²) in [5.41, 5.74) is 1.28. The first-order valence-corrected chi connectivity index (χ1v) is 5.73. The van der Waals surface area contributed by atoms with Gasteiger partial charge in [-0.05, 0) is 24.6 Å². The van der Waals surface area contributed by atoms with Crippen molar-refractivity contribution in [3.8, 4) is 11.5 Å². The van der Waals surface area contributed by atoms with Crippen molar-refractivity contribution in [1.29, 1.82) is 0 Å². The Labute approximate surface area is 110 Å². The lowest BCUT2D eigenvalue weighted by Crippen LogP contribution is -1.96. The maximum Gasteiger partial charge on any atom is 0.311 e. The number of nitrogens with zero attached hydrogens (tertiary/aromatic N) is 1. The molecule has 0 aliphatic heterocycles. The highest BCUT2D eigenvalue weighted by molar-refractivity contribution is 5.51. The zero-order valence-corrected chi connectivity index (χ0v) is 10.4. The van der Waals surface area contributed by atoms with E-state index in [4.69, 9.17) is 4.74 Å². The predicted octanol–water partition coefficient (Wildman–Crippen LogP) is 3.19. The van der Waals surface area contributed by atoms with E-state index in [1.807, 2.05) is 0 Å². The molecule has 0 aliphatic carbocycles. The Morgan fingerprint density at radius 2 is 1.95 bits per heavy atom. The van der Waals surface area contributed by atoms with E-state index < -0.39 is 4.92 Å². The number of benzene rings is 2. The first-order valence-electron chi connectivity index (χ1n) is 5.73. The fourth-order valence-electron chi connectivity index (χ4n) is 1.71. The molecule has 0 saturated heterocycles. The fraction of sp³-hybridized carbons (Fsp3) is 0.143. The van der Waals surface area contributed by atoms with Gasteiger partial charge >= 0.3 is 5.69 Å². The van der Waals surface area contributed by atoms with Gasteiger partial charge in [0.15, 0.2) is 0 Å². The Bertz CT molecular complexity index is 610. The van der Waals surface area contributed by atoms with Crippen LogP contribution in [0.1, 0.15) is 11.1 Å². The van der Waals surface area contributed by atoms with E-state index in [0.717, 1.165) is 5.56 Å². The lowest BCUT2D eigenvalue weighted by atomic mass is 10.2. The Kier molecular flexibility index (Phi) is 3.77. The summed E-state index contributed by atoms with van der Waals surface area (Å²) in [4.78, 5) is 10.5. The number of aryl methyl sites for hydroxylation is 1. The summed E-state index contributed by atoms with van der Waals surface area (Å²) < 4.78 is 5.55. The summed E-state index contributed by atoms with van der Waals surface area (Å²) in [7, 11) is 0. The summed E-state index contributed by atoms with van der Waals surface area (Å²) >= 11 is 0. The largest absolute Gasteiger partial charge is 0.450 e. The van der Waals surface area contributed by atoms with Gasteiger partial charge in [-0.25, -0.2) is 0 Å². The molecular weight excluding hydrogens is 246 g/mol. The number of aliphatic hydroxyl groups excluding tert-OH is 1. The van der Waals surface area contributed by atoms with Crippen LogP contribution in [0.25, 0.3) is 0 Å². The molecule has 0 heterocycles. The molecule has 5 nitrogen and oxygen atoms in total. The Balaban J connectivity index is 2.41. The van der Waals surface area contributed by atoms with Crippen molar-refractivity contribution in [1.82, 2.24) is 0 Å². The maximum atomic E-state index is 11.0. The Morgan fingerprint density at radius 1 is 1.21 bits per heavy atom. The van der Waals surface area contributed by atoms with Crippen LogP contribution >= 0.6 is 0 Å². The highest BCUT2D eigenvalue weighted by Gasteiger charge is 2.16. The molecule has 0 bridgehead atoms. The topological polar surface area (TPSA) is 72.6 Å². The van der Waals surface area contributed by atoms with Crippen LogP contribution in [0.4, 0.5) is 5.69 Å². The minimum atomic E-state index is -0.482. The van der Waals surface area contributed by atoms with Crippen LogP contribution in [0, 0.1) is 17.0 Å². The van der Waals surface area contributed by atoms with Gasteiger partial charge in [-0.2, -0.15) is 0 Å². The van der Waals surface area contributed by atoms with Crippen molar-refractivity contribution in [3.05, 3.63) is 63.7 Å². The second kappa shape index (κ2) is 5.49. The number of ether oxygens (including phenoxy) is 1. The van der Waals surface area contributed by atoms with E-state index in [9.17, 15) is 15.2 Å². The predicted molar refractivity (Wildman–Crippen MR) is 70.3 cm³/mol. The maximum absolute atomic E-state index is 11.0. The number of nitro benzene ring substituents is 1. The summed E-state index contributed by atoms with van der Waals surface area (Å²) in [5.74, 6) is 0.577. The van der Waals surface area contributed by atoms with E-state index in [1.165, 1.54) is 6.07 Å². The van der Waals surface area contributed by atoms with Gasteiger partial charge in [0.2, 0.25) is 5.75 Å². The molecule has 19 heavy (non-hydrogen) atoms. The fourth-order valence-corrected chi connectivity index (χ4v) is 1.71. The van der Waals surface area contributed by atoms with Crippen LogP contribution in [0.3, 0.4) is 0 Å². The highest BCUT2D eigenvalue weighted by Crippen LogP contribution is 2.33. The number of aliphatic hydroxyl groups is 1. The molecule has 0 unspecified atom stereocenters. The van der Waals surface area contributed by atoms with Gasteiger partial charge in [0.25, 0.3) is 0 Å². The number of para-hydroxylation sites is 1. The third-order valence-electron chi connectivity index (χ3n) is 2.67. The number of hydrogen-bond acceptors (Lipinski definition) is 4. The molecule has 0 saturated carbocycles. The molecule has 0 fully saturated rings. The van der Waals surface area contributed by atoms with Gasteiger partial charge in [-0.15, -0.1) is 0 Å². The van der Waals surface area contributed by atoms with Gasteiger partial charge in [-0.1, -0.05) is 24.3 Å². The minimum absolute atomic E-state index is 0.0901. The molecule has 2 aromatic rings. The normalized spacial score (nSPS) is 10.2. The molecule has 5 heteroatoms. The van der Waals surface area contributed by atoms with Crippen LogP contribution in [-0.2, 0) is 6.61 Å². The molecule has 2 rings (SSSR count). The molecule has 0 aliphatic rings. The van der Waals surface area contributed by atoms with E-state index in [-0.39, 0.29) is 18.0 Å². The quantitative estimate of drug-likeness (QED) is 0.676. The van der Waals surface area contributed by atoms with E-state index in [0.29, 0.717) is 11.3 Å². The summed E-state index contributed by atoms with van der Waals surface area (Å²) in [6.45, 7) is 1.59. The van der Waals surface area contributed by atoms with Gasteiger partial charge in [0.05, 0.1) is 11.5 Å². The van der Waals surface area contributed by atoms with Crippen molar-refractivity contribution < 1.29 is 14.8 Å². The van der Waals surface area contributed by atoms with Gasteiger partial charge in [0, 0.05) is 11.6 Å². The molecule has 98 valence electrons. The summed E-state index contributed by atoms with van der Waals surface area (Å²) in [5, 5.41) is 20.2. The third kappa shape index (κ3) is 2.89. The minimum Gasteiger partial charge on any atom is -0.450 e. The molecular formula is C14H13NO4. The van der Waals surface area contributed by atoms with Gasteiger partial charge < -0.3 is 9.84 Å². The van der Waals surface area contributed by atoms with Crippen molar-refractivity contribution in [3.63, 3.8) is 0 Å². The third-order valence-corrected chi connectivity index (χ3v) is 2.67. The lowest BCUT2D eigenvalue weighted by Gasteiger charge is -2.10. The summed E-state index contributed by atoms with van der Waals surface area (Å²) in [6.07, 6.45) is 0. The van der Waals surface area contributed by atoms with Gasteiger partial charge in [0.1, 0.15) is 5.75 Å². The smallest absolute Gasteiger partial charge is 0.311 e. The first kappa shape index (κ1) is 13.0. The van der Waals surface area contributed by atoms with Crippen LogP contribution in [0.15, 0.2) is 42.5 Å². The zero-order valence-electron chi connectivity index (χ0n) is 10.4. The average Bonchev–Trinajstić information content (AvgIpc) is 2.41. The monoisotopic (exact) mass is 259 g/mol. The lowest BCUT2D eigenvalue weighted by molar-refractivity contribution is -0.385. The molecule has 0 spiro atoms. The summed E-state index contributed by atoms with van der Waals surface area (Å²) in [6, 6.07) is 11.6. The molecule has 2 aromatic carbocycles. The SMILES string of the molecule is Cc1ccc(Oc2ccccc2CO)c([N+](=O)[O-])c1. The van der Waals surface area contributed by atoms with Crippen molar-refractivity contribution in [2.24, 2.45) is 0 Å². The van der Waals surface area contributed by atoms with Crippen molar-refractivity contribution in [2.75, 3.05) is 0 Å².